The van der Waals surface area contributed by atoms with Crippen LogP contribution in [0.3, 0.4) is 0 Å². The zero-order valence-corrected chi connectivity index (χ0v) is 22.5. The van der Waals surface area contributed by atoms with Crippen LogP contribution in [-0.2, 0) is 26.4 Å². The number of rotatable bonds is 9. The van der Waals surface area contributed by atoms with E-state index in [1.807, 2.05) is 57.2 Å². The van der Waals surface area contributed by atoms with Gasteiger partial charge in [-0.15, -0.1) is 0 Å². The van der Waals surface area contributed by atoms with E-state index in [2.05, 4.69) is 10.3 Å². The van der Waals surface area contributed by atoms with Gasteiger partial charge in [-0.05, 0) is 69.0 Å². The molecule has 3 amide bonds. The minimum absolute atomic E-state index is 0.0313. The normalized spacial score (nSPS) is 17.2. The highest BCUT2D eigenvalue weighted by Gasteiger charge is 2.47. The van der Waals surface area contributed by atoms with E-state index < -0.39 is 35.6 Å². The number of likely N-dealkylation sites (tertiary alicyclic amines) is 1. The summed E-state index contributed by atoms with van der Waals surface area (Å²) in [7, 11) is 0. The van der Waals surface area contributed by atoms with Crippen LogP contribution in [0.5, 0.6) is 5.75 Å². The van der Waals surface area contributed by atoms with Gasteiger partial charge in [-0.2, -0.15) is 13.2 Å². The molecule has 1 saturated heterocycles. The molecular formula is C26H31F3N4O8. The Labute approximate surface area is 233 Å². The number of amides is 3. The number of carbonyl (C=O) groups excluding carboxylic acids is 2. The number of hydrogen-bond acceptors (Lipinski definition) is 7. The number of halogens is 3. The van der Waals surface area contributed by atoms with E-state index in [1.165, 1.54) is 4.90 Å². The number of carbonyl (C=O) groups is 4. The van der Waals surface area contributed by atoms with Crippen molar-refractivity contribution >= 4 is 23.9 Å². The van der Waals surface area contributed by atoms with Gasteiger partial charge in [0.05, 0.1) is 5.41 Å². The molecular weight excluding hydrogens is 553 g/mol. The van der Waals surface area contributed by atoms with Gasteiger partial charge in [-0.25, -0.2) is 15.1 Å². The molecule has 0 spiro atoms. The maximum Gasteiger partial charge on any atom is 0.490 e. The summed E-state index contributed by atoms with van der Waals surface area (Å²) in [4.78, 5) is 50.9. The number of nitrogens with zero attached hydrogens (tertiary/aromatic N) is 2. The van der Waals surface area contributed by atoms with Crippen LogP contribution in [0.1, 0.15) is 42.3 Å². The first-order chi connectivity index (χ1) is 19.1. The van der Waals surface area contributed by atoms with E-state index in [0.717, 1.165) is 22.5 Å². The monoisotopic (exact) mass is 584 g/mol. The van der Waals surface area contributed by atoms with E-state index in [-0.39, 0.29) is 18.9 Å². The molecule has 1 aromatic carbocycles. The summed E-state index contributed by atoms with van der Waals surface area (Å²) >= 11 is 0. The first-order valence-corrected chi connectivity index (χ1v) is 12.3. The number of hydroxylamine groups is 1. The lowest BCUT2D eigenvalue weighted by Crippen LogP contribution is -2.50. The highest BCUT2D eigenvalue weighted by molar-refractivity contribution is 5.94. The van der Waals surface area contributed by atoms with Crippen molar-refractivity contribution in [2.24, 2.45) is 0 Å². The first-order valence-electron chi connectivity index (χ1n) is 12.3. The number of carboxylic acid groups (broad SMARTS) is 2. The van der Waals surface area contributed by atoms with Gasteiger partial charge in [-0.3, -0.25) is 19.8 Å². The van der Waals surface area contributed by atoms with Crippen molar-refractivity contribution in [3.8, 4) is 5.75 Å². The quantitative estimate of drug-likeness (QED) is 0.219. The van der Waals surface area contributed by atoms with Gasteiger partial charge in [0.2, 0.25) is 5.91 Å². The molecule has 0 aliphatic carbocycles. The molecule has 5 N–H and O–H groups in total. The van der Waals surface area contributed by atoms with E-state index in [4.69, 9.17) is 25.0 Å². The first kappa shape index (κ1) is 32.8. The summed E-state index contributed by atoms with van der Waals surface area (Å²) in [5.74, 6) is -3.10. The molecule has 2 aromatic rings. The summed E-state index contributed by atoms with van der Waals surface area (Å²) in [6, 6.07) is 10.3. The SMILES string of the molecule is Cc1cc(COc2ccc(C3(C)CCN(C(CCNC(=O)O)C(=O)NO)C3=O)cc2)cc(C)n1.O=C(O)C(F)(F)F. The Morgan fingerprint density at radius 3 is 2.17 bits per heavy atom. The molecule has 0 saturated carbocycles. The number of aryl methyl sites for hydroxylation is 2. The average molecular weight is 585 g/mol. The summed E-state index contributed by atoms with van der Waals surface area (Å²) in [5, 5.41) is 27.2. The Kier molecular flexibility index (Phi) is 11.0. The molecule has 1 aliphatic heterocycles. The number of benzene rings is 1. The van der Waals surface area contributed by atoms with Crippen molar-refractivity contribution in [2.75, 3.05) is 13.1 Å². The molecule has 2 atom stereocenters. The fourth-order valence-electron chi connectivity index (χ4n) is 4.34. The zero-order chi connectivity index (χ0) is 31.0. The highest BCUT2D eigenvalue weighted by Crippen LogP contribution is 2.37. The second-order valence-corrected chi connectivity index (χ2v) is 9.47. The third-order valence-corrected chi connectivity index (χ3v) is 6.35. The number of ether oxygens (including phenoxy) is 1. The third-order valence-electron chi connectivity index (χ3n) is 6.35. The maximum atomic E-state index is 13.3. The van der Waals surface area contributed by atoms with Crippen LogP contribution < -0.4 is 15.5 Å². The summed E-state index contributed by atoms with van der Waals surface area (Å²) in [5.41, 5.74) is 4.39. The predicted molar refractivity (Wildman–Crippen MR) is 136 cm³/mol. The number of nitrogens with one attached hydrogen (secondary N) is 2. The molecule has 3 rings (SSSR count). The standard InChI is InChI=1S/C24H30N4O6.C2HF3O2/c1-15-12-17(13-16(2)26-15)14-34-19-6-4-18(5-7-19)24(3)9-11-28(22(24)30)20(21(29)27-33)8-10-25-23(31)32;3-2(4,5)1(6)7/h4-7,12-13,20,25,33H,8-11,14H2,1-3H3,(H,27,29)(H,31,32);(H,6,7). The zero-order valence-electron chi connectivity index (χ0n) is 22.5. The molecule has 1 fully saturated rings. The van der Waals surface area contributed by atoms with Crippen molar-refractivity contribution < 1.29 is 52.5 Å². The highest BCUT2D eigenvalue weighted by atomic mass is 19.4. The van der Waals surface area contributed by atoms with E-state index in [0.29, 0.717) is 25.3 Å². The summed E-state index contributed by atoms with van der Waals surface area (Å²) in [6.07, 6.45) is -5.79. The lowest BCUT2D eigenvalue weighted by molar-refractivity contribution is -0.192. The fraction of sp³-hybridized carbons (Fsp3) is 0.423. The lowest BCUT2D eigenvalue weighted by atomic mass is 9.81. The van der Waals surface area contributed by atoms with Crippen molar-refractivity contribution in [3.05, 3.63) is 58.9 Å². The third kappa shape index (κ3) is 9.06. The molecule has 1 aliphatic rings. The van der Waals surface area contributed by atoms with E-state index >= 15 is 0 Å². The fourth-order valence-corrected chi connectivity index (χ4v) is 4.34. The van der Waals surface area contributed by atoms with Gasteiger partial charge in [0, 0.05) is 24.5 Å². The van der Waals surface area contributed by atoms with Crippen molar-refractivity contribution in [1.29, 1.82) is 0 Å². The Hall–Kier alpha value is -4.40. The van der Waals surface area contributed by atoms with Crippen LogP contribution in [0.4, 0.5) is 18.0 Å². The summed E-state index contributed by atoms with van der Waals surface area (Å²) < 4.78 is 37.6. The number of carboxylic acids is 1. The molecule has 2 heterocycles. The number of aliphatic carboxylic acids is 1. The van der Waals surface area contributed by atoms with E-state index in [9.17, 15) is 27.6 Å². The largest absolute Gasteiger partial charge is 0.490 e. The molecule has 0 bridgehead atoms. The smallest absolute Gasteiger partial charge is 0.489 e. The van der Waals surface area contributed by atoms with Crippen molar-refractivity contribution in [3.63, 3.8) is 0 Å². The number of hydrogen-bond donors (Lipinski definition) is 5. The van der Waals surface area contributed by atoms with Gasteiger partial charge in [0.25, 0.3) is 5.91 Å². The van der Waals surface area contributed by atoms with Gasteiger partial charge in [-0.1, -0.05) is 12.1 Å². The molecule has 224 valence electrons. The van der Waals surface area contributed by atoms with Crippen LogP contribution >= 0.6 is 0 Å². The molecule has 12 nitrogen and oxygen atoms in total. The second kappa shape index (κ2) is 13.8. The van der Waals surface area contributed by atoms with Crippen LogP contribution in [0.2, 0.25) is 0 Å². The van der Waals surface area contributed by atoms with E-state index in [1.54, 1.807) is 5.48 Å². The number of alkyl halides is 3. The van der Waals surface area contributed by atoms with Crippen LogP contribution in [0.25, 0.3) is 0 Å². The Morgan fingerprint density at radius 1 is 1.12 bits per heavy atom. The molecule has 41 heavy (non-hydrogen) atoms. The number of aromatic nitrogens is 1. The molecule has 15 heteroatoms. The van der Waals surface area contributed by atoms with Crippen LogP contribution in [-0.4, -0.2) is 74.5 Å². The van der Waals surface area contributed by atoms with Gasteiger partial charge < -0.3 is 25.2 Å². The minimum Gasteiger partial charge on any atom is -0.489 e. The van der Waals surface area contributed by atoms with Crippen molar-refractivity contribution in [1.82, 2.24) is 20.7 Å². The van der Waals surface area contributed by atoms with Gasteiger partial charge in [0.1, 0.15) is 18.4 Å². The maximum absolute atomic E-state index is 13.3. The molecule has 1 aromatic heterocycles. The average Bonchev–Trinajstić information content (AvgIpc) is 3.19. The minimum atomic E-state index is -5.08. The topological polar surface area (TPSA) is 178 Å². The Bertz CT molecular complexity index is 1240. The van der Waals surface area contributed by atoms with Crippen LogP contribution in [0, 0.1) is 13.8 Å². The summed E-state index contributed by atoms with van der Waals surface area (Å²) in [6.45, 7) is 6.36. The van der Waals surface area contributed by atoms with Crippen LogP contribution in [0.15, 0.2) is 36.4 Å². The predicted octanol–water partition coefficient (Wildman–Crippen LogP) is 2.93. The van der Waals surface area contributed by atoms with Crippen molar-refractivity contribution in [2.45, 2.75) is 57.9 Å². The second-order valence-electron chi connectivity index (χ2n) is 9.47. The van der Waals surface area contributed by atoms with Gasteiger partial charge in [0.15, 0.2) is 0 Å². The van der Waals surface area contributed by atoms with Gasteiger partial charge >= 0.3 is 18.2 Å². The molecule has 0 radical (unpaired) electrons. The number of pyridine rings is 1. The Morgan fingerprint density at radius 2 is 1.68 bits per heavy atom. The lowest BCUT2D eigenvalue weighted by Gasteiger charge is -2.29. The molecule has 2 unspecified atom stereocenters. The Balaban J connectivity index is 0.000000745.